The van der Waals surface area contributed by atoms with Crippen LogP contribution in [-0.4, -0.2) is 59.1 Å². The Bertz CT molecular complexity index is 932. The number of carbonyl (C=O) groups excluding carboxylic acids is 1. The van der Waals surface area contributed by atoms with Crippen LogP contribution in [-0.2, 0) is 17.8 Å². The Hall–Kier alpha value is -3.19. The molecule has 7 nitrogen and oxygen atoms in total. The maximum atomic E-state index is 12.6. The molecule has 150 valence electrons. The lowest BCUT2D eigenvalue weighted by Crippen LogP contribution is -2.48. The van der Waals surface area contributed by atoms with Crippen LogP contribution >= 0.6 is 0 Å². The molecule has 0 aliphatic carbocycles. The fourth-order valence-corrected chi connectivity index (χ4v) is 3.42. The van der Waals surface area contributed by atoms with Crippen molar-refractivity contribution in [3.63, 3.8) is 0 Å². The second-order valence-electron chi connectivity index (χ2n) is 7.06. The highest BCUT2D eigenvalue weighted by atomic mass is 16.5. The van der Waals surface area contributed by atoms with E-state index in [1.54, 1.807) is 7.11 Å². The van der Waals surface area contributed by atoms with Gasteiger partial charge in [-0.05, 0) is 29.8 Å². The van der Waals surface area contributed by atoms with Gasteiger partial charge in [-0.1, -0.05) is 35.5 Å². The van der Waals surface area contributed by atoms with E-state index >= 15 is 0 Å². The van der Waals surface area contributed by atoms with Gasteiger partial charge >= 0.3 is 0 Å². The van der Waals surface area contributed by atoms with Crippen molar-refractivity contribution in [3.8, 4) is 17.1 Å². The van der Waals surface area contributed by atoms with Crippen molar-refractivity contribution in [3.05, 3.63) is 66.1 Å². The summed E-state index contributed by atoms with van der Waals surface area (Å²) in [7, 11) is 1.62. The quantitative estimate of drug-likeness (QED) is 0.642. The standard InChI is InChI=1S/C22H24N4O3/c1-28-19-9-7-18(8-10-19)22-23-20(29-24-22)15-21(27)26-13-11-25(12-14-26)16-17-5-3-2-4-6-17/h2-10H,11-16H2,1H3. The summed E-state index contributed by atoms with van der Waals surface area (Å²) in [5, 5.41) is 3.99. The van der Waals surface area contributed by atoms with Crippen LogP contribution in [0.25, 0.3) is 11.4 Å². The van der Waals surface area contributed by atoms with Crippen LogP contribution in [0.3, 0.4) is 0 Å². The van der Waals surface area contributed by atoms with E-state index in [4.69, 9.17) is 9.26 Å². The molecule has 0 atom stereocenters. The van der Waals surface area contributed by atoms with Crippen LogP contribution in [0.15, 0.2) is 59.1 Å². The van der Waals surface area contributed by atoms with Crippen molar-refractivity contribution in [2.75, 3.05) is 33.3 Å². The highest BCUT2D eigenvalue weighted by molar-refractivity contribution is 5.78. The fourth-order valence-electron chi connectivity index (χ4n) is 3.42. The Morgan fingerprint density at radius 3 is 2.45 bits per heavy atom. The van der Waals surface area contributed by atoms with Crippen LogP contribution in [0.5, 0.6) is 5.75 Å². The molecule has 1 saturated heterocycles. The molecule has 0 radical (unpaired) electrons. The summed E-state index contributed by atoms with van der Waals surface area (Å²) < 4.78 is 10.4. The number of nitrogens with zero attached hydrogens (tertiary/aromatic N) is 4. The maximum Gasteiger partial charge on any atom is 0.236 e. The predicted octanol–water partition coefficient (Wildman–Crippen LogP) is 2.63. The summed E-state index contributed by atoms with van der Waals surface area (Å²) in [5.41, 5.74) is 2.12. The molecule has 7 heteroatoms. The molecule has 0 spiro atoms. The first-order chi connectivity index (χ1) is 14.2. The van der Waals surface area contributed by atoms with E-state index in [0.29, 0.717) is 24.8 Å². The molecule has 0 unspecified atom stereocenters. The number of aromatic nitrogens is 2. The van der Waals surface area contributed by atoms with Gasteiger partial charge in [0.05, 0.1) is 7.11 Å². The van der Waals surface area contributed by atoms with Crippen molar-refractivity contribution in [1.82, 2.24) is 19.9 Å². The lowest BCUT2D eigenvalue weighted by atomic mass is 10.2. The van der Waals surface area contributed by atoms with E-state index in [-0.39, 0.29) is 12.3 Å². The third-order valence-corrected chi connectivity index (χ3v) is 5.09. The van der Waals surface area contributed by atoms with Crippen LogP contribution in [0.4, 0.5) is 0 Å². The van der Waals surface area contributed by atoms with Gasteiger partial charge in [-0.15, -0.1) is 0 Å². The summed E-state index contributed by atoms with van der Waals surface area (Å²) in [5.74, 6) is 1.60. The van der Waals surface area contributed by atoms with Gasteiger partial charge < -0.3 is 14.2 Å². The Morgan fingerprint density at radius 2 is 1.76 bits per heavy atom. The van der Waals surface area contributed by atoms with E-state index in [0.717, 1.165) is 30.9 Å². The van der Waals surface area contributed by atoms with Gasteiger partial charge in [0, 0.05) is 38.3 Å². The summed E-state index contributed by atoms with van der Waals surface area (Å²) >= 11 is 0. The number of rotatable bonds is 6. The molecule has 29 heavy (non-hydrogen) atoms. The average molecular weight is 392 g/mol. The molecule has 2 heterocycles. The smallest absolute Gasteiger partial charge is 0.236 e. The molecule has 0 N–H and O–H groups in total. The molecule has 1 fully saturated rings. The first-order valence-electron chi connectivity index (χ1n) is 9.72. The van der Waals surface area contributed by atoms with Gasteiger partial charge in [-0.25, -0.2) is 0 Å². The molecular weight excluding hydrogens is 368 g/mol. The van der Waals surface area contributed by atoms with Gasteiger partial charge in [0.1, 0.15) is 12.2 Å². The molecular formula is C22H24N4O3. The van der Waals surface area contributed by atoms with Crippen LogP contribution in [0.1, 0.15) is 11.5 Å². The summed E-state index contributed by atoms with van der Waals surface area (Å²) in [4.78, 5) is 21.2. The normalized spacial score (nSPS) is 14.7. The third kappa shape index (κ3) is 4.81. The summed E-state index contributed by atoms with van der Waals surface area (Å²) in [6, 6.07) is 17.8. The molecule has 0 bridgehead atoms. The zero-order valence-electron chi connectivity index (χ0n) is 16.5. The highest BCUT2D eigenvalue weighted by Crippen LogP contribution is 2.20. The van der Waals surface area contributed by atoms with Crippen molar-refractivity contribution < 1.29 is 14.1 Å². The molecule has 2 aromatic carbocycles. The number of piperazine rings is 1. The fraction of sp³-hybridized carbons (Fsp3) is 0.318. The van der Waals surface area contributed by atoms with Crippen molar-refractivity contribution in [2.24, 2.45) is 0 Å². The van der Waals surface area contributed by atoms with Crippen LogP contribution in [0, 0.1) is 0 Å². The van der Waals surface area contributed by atoms with Gasteiger partial charge in [-0.2, -0.15) is 4.98 Å². The Balaban J connectivity index is 1.29. The summed E-state index contributed by atoms with van der Waals surface area (Å²) in [6.45, 7) is 4.07. The Labute approximate surface area is 169 Å². The van der Waals surface area contributed by atoms with Gasteiger partial charge in [0.25, 0.3) is 0 Å². The topological polar surface area (TPSA) is 71.7 Å². The van der Waals surface area contributed by atoms with Crippen LogP contribution < -0.4 is 4.74 Å². The average Bonchev–Trinajstić information content (AvgIpc) is 3.23. The van der Waals surface area contributed by atoms with Gasteiger partial charge in [0.2, 0.25) is 17.6 Å². The highest BCUT2D eigenvalue weighted by Gasteiger charge is 2.23. The Kier molecular flexibility index (Phi) is 5.86. The van der Waals surface area contributed by atoms with E-state index < -0.39 is 0 Å². The number of hydrogen-bond donors (Lipinski definition) is 0. The van der Waals surface area contributed by atoms with Crippen LogP contribution in [0.2, 0.25) is 0 Å². The minimum absolute atomic E-state index is 0.0225. The molecule has 4 rings (SSSR count). The zero-order valence-corrected chi connectivity index (χ0v) is 16.5. The van der Waals surface area contributed by atoms with Crippen molar-refractivity contribution in [2.45, 2.75) is 13.0 Å². The van der Waals surface area contributed by atoms with Gasteiger partial charge in [0.15, 0.2) is 0 Å². The maximum absolute atomic E-state index is 12.6. The van der Waals surface area contributed by atoms with E-state index in [9.17, 15) is 4.79 Å². The number of hydrogen-bond acceptors (Lipinski definition) is 6. The van der Waals surface area contributed by atoms with E-state index in [2.05, 4.69) is 39.3 Å². The molecule has 0 saturated carbocycles. The van der Waals surface area contributed by atoms with Crippen molar-refractivity contribution >= 4 is 5.91 Å². The minimum Gasteiger partial charge on any atom is -0.497 e. The molecule has 1 aliphatic rings. The number of carbonyl (C=O) groups is 1. The number of amides is 1. The lowest BCUT2D eigenvalue weighted by Gasteiger charge is -2.34. The Morgan fingerprint density at radius 1 is 1.03 bits per heavy atom. The lowest BCUT2D eigenvalue weighted by molar-refractivity contribution is -0.132. The first-order valence-corrected chi connectivity index (χ1v) is 9.72. The third-order valence-electron chi connectivity index (χ3n) is 5.09. The molecule has 1 aliphatic heterocycles. The molecule has 1 amide bonds. The monoisotopic (exact) mass is 392 g/mol. The SMILES string of the molecule is COc1ccc(-c2noc(CC(=O)N3CCN(Cc4ccccc4)CC3)n2)cc1. The number of benzene rings is 2. The van der Waals surface area contributed by atoms with E-state index in [1.807, 2.05) is 35.2 Å². The van der Waals surface area contributed by atoms with Crippen molar-refractivity contribution in [1.29, 1.82) is 0 Å². The largest absolute Gasteiger partial charge is 0.497 e. The zero-order chi connectivity index (χ0) is 20.1. The predicted molar refractivity (Wildman–Crippen MR) is 108 cm³/mol. The second kappa shape index (κ2) is 8.87. The number of ether oxygens (including phenoxy) is 1. The first kappa shape index (κ1) is 19.1. The number of methoxy groups -OCH3 is 1. The second-order valence-corrected chi connectivity index (χ2v) is 7.06. The molecule has 1 aromatic heterocycles. The summed E-state index contributed by atoms with van der Waals surface area (Å²) in [6.07, 6.45) is 0.127. The molecule has 3 aromatic rings. The van der Waals surface area contributed by atoms with Gasteiger partial charge in [-0.3, -0.25) is 9.69 Å². The minimum atomic E-state index is 0.0225. The van der Waals surface area contributed by atoms with E-state index in [1.165, 1.54) is 5.56 Å².